The number of methoxy groups -OCH3 is 1. The molecule has 7 nitrogen and oxygen atoms in total. The normalized spacial score (nSPS) is 21.2. The van der Waals surface area contributed by atoms with Crippen LogP contribution in [0.2, 0.25) is 0 Å². The second-order valence-electron chi connectivity index (χ2n) is 11.0. The number of halogens is 2. The van der Waals surface area contributed by atoms with Crippen molar-refractivity contribution in [3.63, 3.8) is 0 Å². The van der Waals surface area contributed by atoms with Gasteiger partial charge in [0.15, 0.2) is 0 Å². The molecular weight excluding hydrogens is 506 g/mol. The van der Waals surface area contributed by atoms with Crippen LogP contribution < -0.4 is 9.47 Å². The van der Waals surface area contributed by atoms with Gasteiger partial charge in [-0.1, -0.05) is 12.1 Å². The molecule has 0 bridgehead atoms. The van der Waals surface area contributed by atoms with Crippen LogP contribution in [0.15, 0.2) is 42.5 Å². The van der Waals surface area contributed by atoms with Crippen molar-refractivity contribution in [2.75, 3.05) is 34.3 Å². The molecule has 0 radical (unpaired) electrons. The van der Waals surface area contributed by atoms with E-state index in [-0.39, 0.29) is 17.6 Å². The maximum atomic E-state index is 14.0. The molecule has 2 aromatic rings. The molecule has 1 aliphatic carbocycles. The van der Waals surface area contributed by atoms with Crippen LogP contribution in [0.25, 0.3) is 0 Å². The summed E-state index contributed by atoms with van der Waals surface area (Å²) in [5, 5.41) is 10.9. The molecule has 0 aromatic heterocycles. The minimum Gasteiger partial charge on any atom is -0.497 e. The summed E-state index contributed by atoms with van der Waals surface area (Å²) in [4.78, 5) is 28.3. The van der Waals surface area contributed by atoms with E-state index in [0.29, 0.717) is 49.1 Å². The Hall–Kier alpha value is -3.20. The molecule has 4 rings (SSSR count). The molecule has 0 spiro atoms. The number of carbonyl (C=O) groups excluding carboxylic acids is 2. The summed E-state index contributed by atoms with van der Waals surface area (Å²) >= 11 is 0. The van der Waals surface area contributed by atoms with Crippen LogP contribution in [0, 0.1) is 18.8 Å². The maximum Gasteiger partial charge on any atom is 0.280 e. The summed E-state index contributed by atoms with van der Waals surface area (Å²) < 4.78 is 39.3. The zero-order chi connectivity index (χ0) is 28.3. The zero-order valence-corrected chi connectivity index (χ0v) is 23.0. The number of nitrogens with zero attached hydrogens (tertiary/aromatic N) is 2. The molecule has 0 unspecified atom stereocenters. The Balaban J connectivity index is 1.25. The second kappa shape index (κ2) is 11.9. The van der Waals surface area contributed by atoms with Crippen LogP contribution in [0.1, 0.15) is 53.6 Å². The standard InChI is InChI=1S/C30H38F2N2O5/c1-19-14-24(8-9-26(19)27(35)33(2)3)39-25-16-21(17-25)15-20-10-12-34(13-11-20)29(36)30(37,28(31)32)22-6-5-7-23(18-22)38-4/h5-9,14,18,20-21,25,28,37H,10-13,15-17H2,1-4H3/t21-,25+,30-/m1/s1. The first-order valence-electron chi connectivity index (χ1n) is 13.5. The lowest BCUT2D eigenvalue weighted by atomic mass is 9.74. The summed E-state index contributed by atoms with van der Waals surface area (Å²) in [6, 6.07) is 11.2. The number of benzene rings is 2. The third-order valence-electron chi connectivity index (χ3n) is 8.05. The van der Waals surface area contributed by atoms with Gasteiger partial charge < -0.3 is 24.4 Å². The van der Waals surface area contributed by atoms with Gasteiger partial charge >= 0.3 is 0 Å². The Morgan fingerprint density at radius 1 is 1.08 bits per heavy atom. The van der Waals surface area contributed by atoms with Crippen LogP contribution in [-0.2, 0) is 10.4 Å². The molecular formula is C30H38F2N2O5. The number of aryl methyl sites for hydroxylation is 1. The molecule has 2 amide bonds. The minimum atomic E-state index is -3.27. The minimum absolute atomic E-state index is 0.0327. The van der Waals surface area contributed by atoms with Crippen molar-refractivity contribution in [2.45, 2.75) is 57.2 Å². The molecule has 1 saturated carbocycles. The summed E-state index contributed by atoms with van der Waals surface area (Å²) in [7, 11) is 4.86. The smallest absolute Gasteiger partial charge is 0.280 e. The molecule has 1 N–H and O–H groups in total. The number of ether oxygens (including phenoxy) is 2. The molecule has 39 heavy (non-hydrogen) atoms. The van der Waals surface area contributed by atoms with Crippen molar-refractivity contribution < 1.29 is 33.0 Å². The van der Waals surface area contributed by atoms with Crippen LogP contribution in [0.5, 0.6) is 11.5 Å². The molecule has 1 saturated heterocycles. The lowest BCUT2D eigenvalue weighted by molar-refractivity contribution is -0.173. The number of aliphatic hydroxyl groups is 1. The number of hydrogen-bond donors (Lipinski definition) is 1. The lowest BCUT2D eigenvalue weighted by Crippen LogP contribution is -2.53. The van der Waals surface area contributed by atoms with Gasteiger partial charge in [0.25, 0.3) is 18.2 Å². The van der Waals surface area contributed by atoms with Gasteiger partial charge in [0, 0.05) is 38.3 Å². The summed E-state index contributed by atoms with van der Waals surface area (Å²) in [5.74, 6) is 0.987. The number of carbonyl (C=O) groups is 2. The van der Waals surface area contributed by atoms with Crippen molar-refractivity contribution in [3.05, 3.63) is 59.2 Å². The van der Waals surface area contributed by atoms with Gasteiger partial charge in [0.1, 0.15) is 11.5 Å². The van der Waals surface area contributed by atoms with Crippen molar-refractivity contribution in [3.8, 4) is 11.5 Å². The highest BCUT2D eigenvalue weighted by molar-refractivity contribution is 5.95. The fourth-order valence-corrected chi connectivity index (χ4v) is 5.63. The van der Waals surface area contributed by atoms with E-state index >= 15 is 0 Å². The Bertz CT molecular complexity index is 1180. The number of amides is 2. The number of alkyl halides is 2. The molecule has 212 valence electrons. The van der Waals surface area contributed by atoms with Crippen LogP contribution in [0.3, 0.4) is 0 Å². The number of hydrogen-bond acceptors (Lipinski definition) is 5. The van der Waals surface area contributed by atoms with Gasteiger partial charge in [-0.05, 0) is 86.8 Å². The van der Waals surface area contributed by atoms with Crippen molar-refractivity contribution in [2.24, 2.45) is 11.8 Å². The van der Waals surface area contributed by atoms with Crippen LogP contribution in [-0.4, -0.2) is 73.5 Å². The fraction of sp³-hybridized carbons (Fsp3) is 0.533. The van der Waals surface area contributed by atoms with Gasteiger partial charge in [-0.3, -0.25) is 9.59 Å². The number of likely N-dealkylation sites (tertiary alicyclic amines) is 1. The van der Waals surface area contributed by atoms with Gasteiger partial charge in [-0.25, -0.2) is 8.78 Å². The topological polar surface area (TPSA) is 79.3 Å². The van der Waals surface area contributed by atoms with E-state index in [4.69, 9.17) is 9.47 Å². The number of rotatable bonds is 9. The molecule has 2 aromatic carbocycles. The molecule has 1 heterocycles. The van der Waals surface area contributed by atoms with E-state index in [9.17, 15) is 23.5 Å². The third-order valence-corrected chi connectivity index (χ3v) is 8.05. The largest absolute Gasteiger partial charge is 0.497 e. The molecule has 2 aliphatic rings. The highest BCUT2D eigenvalue weighted by atomic mass is 19.3. The highest BCUT2D eigenvalue weighted by Crippen LogP contribution is 2.39. The Kier molecular flexibility index (Phi) is 8.79. The van der Waals surface area contributed by atoms with Gasteiger partial charge in [-0.2, -0.15) is 0 Å². The predicted octanol–water partition coefficient (Wildman–Crippen LogP) is 4.64. The van der Waals surface area contributed by atoms with E-state index in [1.54, 1.807) is 25.1 Å². The quantitative estimate of drug-likeness (QED) is 0.498. The van der Waals surface area contributed by atoms with E-state index in [0.717, 1.165) is 30.6 Å². The van der Waals surface area contributed by atoms with E-state index in [2.05, 4.69) is 0 Å². The SMILES string of the molecule is COc1cccc([C@](O)(C(=O)N2CCC(C[C@H]3C[C@@H](Oc4ccc(C(=O)N(C)C)c(C)c4)C3)CC2)C(F)F)c1. The Morgan fingerprint density at radius 3 is 2.36 bits per heavy atom. The van der Waals surface area contributed by atoms with Gasteiger partial charge in [-0.15, -0.1) is 0 Å². The molecule has 2 fully saturated rings. The first kappa shape index (κ1) is 28.8. The zero-order valence-electron chi connectivity index (χ0n) is 23.0. The third kappa shape index (κ3) is 6.19. The average Bonchev–Trinajstić information content (AvgIpc) is 2.91. The van der Waals surface area contributed by atoms with Gasteiger partial charge in [0.2, 0.25) is 5.60 Å². The van der Waals surface area contributed by atoms with Crippen LogP contribution >= 0.6 is 0 Å². The molecule has 1 atom stereocenters. The van der Waals surface area contributed by atoms with Crippen molar-refractivity contribution in [1.82, 2.24) is 9.80 Å². The van der Waals surface area contributed by atoms with Crippen molar-refractivity contribution in [1.29, 1.82) is 0 Å². The van der Waals surface area contributed by atoms with E-state index in [1.165, 1.54) is 30.2 Å². The first-order chi connectivity index (χ1) is 18.5. The molecule has 9 heteroatoms. The second-order valence-corrected chi connectivity index (χ2v) is 11.0. The summed E-state index contributed by atoms with van der Waals surface area (Å²) in [5.41, 5.74) is -1.53. The van der Waals surface area contributed by atoms with Crippen molar-refractivity contribution >= 4 is 11.8 Å². The Morgan fingerprint density at radius 2 is 1.77 bits per heavy atom. The van der Waals surface area contributed by atoms with E-state index in [1.807, 2.05) is 25.1 Å². The number of piperidine rings is 1. The van der Waals surface area contributed by atoms with Crippen LogP contribution in [0.4, 0.5) is 8.78 Å². The summed E-state index contributed by atoms with van der Waals surface area (Å²) in [6.07, 6.45) is 1.18. The monoisotopic (exact) mass is 544 g/mol. The lowest BCUT2D eigenvalue weighted by Gasteiger charge is -2.41. The first-order valence-corrected chi connectivity index (χ1v) is 13.5. The Labute approximate surface area is 228 Å². The van der Waals surface area contributed by atoms with Gasteiger partial charge in [0.05, 0.1) is 13.2 Å². The maximum absolute atomic E-state index is 14.0. The van der Waals surface area contributed by atoms with E-state index < -0.39 is 17.9 Å². The summed E-state index contributed by atoms with van der Waals surface area (Å²) in [6.45, 7) is 2.59. The average molecular weight is 545 g/mol. The highest BCUT2D eigenvalue weighted by Gasteiger charge is 2.50. The molecule has 1 aliphatic heterocycles. The predicted molar refractivity (Wildman–Crippen MR) is 143 cm³/mol. The fourth-order valence-electron chi connectivity index (χ4n) is 5.63.